The van der Waals surface area contributed by atoms with E-state index in [0.29, 0.717) is 41.2 Å². The van der Waals surface area contributed by atoms with Crippen LogP contribution in [0.25, 0.3) is 10.9 Å². The van der Waals surface area contributed by atoms with Crippen molar-refractivity contribution in [3.63, 3.8) is 0 Å². The predicted molar refractivity (Wildman–Crippen MR) is 121 cm³/mol. The van der Waals surface area contributed by atoms with Gasteiger partial charge in [0.1, 0.15) is 0 Å². The van der Waals surface area contributed by atoms with E-state index in [1.165, 1.54) is 18.8 Å². The van der Waals surface area contributed by atoms with Crippen molar-refractivity contribution in [1.82, 2.24) is 25.1 Å². The molecule has 0 spiro atoms. The van der Waals surface area contributed by atoms with Gasteiger partial charge < -0.3 is 5.32 Å². The topological polar surface area (TPSA) is 96.3 Å². The first kappa shape index (κ1) is 23.9. The van der Waals surface area contributed by atoms with Gasteiger partial charge in [0.05, 0.1) is 16.2 Å². The Bertz CT molecular complexity index is 949. The first-order valence-electron chi connectivity index (χ1n) is 10.1. The number of carbonyl (C=O) groups excluding carboxylic acids is 2. The molecular formula is C21H31N5O3S. The SMILES string of the molecule is CNC(=O)NC(=O)C(C)Sc1nc2ccccc2c(=O)n1CCN(C(C)C)C(C)C. The summed E-state index contributed by atoms with van der Waals surface area (Å²) in [6, 6.07) is 7.30. The summed E-state index contributed by atoms with van der Waals surface area (Å²) in [6.45, 7) is 11.3. The molecule has 2 N–H and O–H groups in total. The molecule has 0 radical (unpaired) electrons. The predicted octanol–water partition coefficient (Wildman–Crippen LogP) is 2.45. The highest BCUT2D eigenvalue weighted by Crippen LogP contribution is 2.23. The number of nitrogens with one attached hydrogen (secondary N) is 2. The van der Waals surface area contributed by atoms with E-state index in [1.54, 1.807) is 23.6 Å². The maximum Gasteiger partial charge on any atom is 0.321 e. The molecule has 2 rings (SSSR count). The Labute approximate surface area is 181 Å². The fourth-order valence-corrected chi connectivity index (χ4v) is 4.19. The average molecular weight is 434 g/mol. The minimum Gasteiger partial charge on any atom is -0.341 e. The van der Waals surface area contributed by atoms with Gasteiger partial charge in [-0.05, 0) is 46.8 Å². The Morgan fingerprint density at radius 1 is 1.13 bits per heavy atom. The number of urea groups is 1. The third-order valence-electron chi connectivity index (χ3n) is 4.85. The molecule has 164 valence electrons. The Balaban J connectivity index is 2.39. The van der Waals surface area contributed by atoms with Crippen molar-refractivity contribution in [2.45, 2.75) is 63.7 Å². The quantitative estimate of drug-likeness (QED) is 0.490. The number of thioether (sulfide) groups is 1. The number of aromatic nitrogens is 2. The smallest absolute Gasteiger partial charge is 0.321 e. The van der Waals surface area contributed by atoms with E-state index >= 15 is 0 Å². The van der Waals surface area contributed by atoms with Gasteiger partial charge in [-0.3, -0.25) is 24.4 Å². The molecule has 1 atom stereocenters. The summed E-state index contributed by atoms with van der Waals surface area (Å²) in [5.74, 6) is -0.445. The van der Waals surface area contributed by atoms with Gasteiger partial charge in [-0.2, -0.15) is 0 Å². The van der Waals surface area contributed by atoms with Crippen LogP contribution in [0, 0.1) is 0 Å². The first-order chi connectivity index (χ1) is 14.1. The third-order valence-corrected chi connectivity index (χ3v) is 5.94. The van der Waals surface area contributed by atoms with Crippen LogP contribution in [0.4, 0.5) is 4.79 Å². The van der Waals surface area contributed by atoms with E-state index in [0.717, 1.165) is 0 Å². The minimum absolute atomic E-state index is 0.130. The summed E-state index contributed by atoms with van der Waals surface area (Å²) >= 11 is 1.17. The first-order valence-corrected chi connectivity index (χ1v) is 11.0. The lowest BCUT2D eigenvalue weighted by atomic mass is 10.2. The van der Waals surface area contributed by atoms with E-state index in [9.17, 15) is 14.4 Å². The van der Waals surface area contributed by atoms with Crippen LogP contribution >= 0.6 is 11.8 Å². The van der Waals surface area contributed by atoms with Crippen LogP contribution in [-0.4, -0.2) is 57.3 Å². The standard InChI is InChI=1S/C21H31N5O3S/c1-13(2)25(14(3)4)11-12-26-19(28)16-9-7-8-10-17(16)23-21(26)30-15(5)18(27)24-20(29)22-6/h7-10,13-15H,11-12H2,1-6H3,(H2,22,24,27,29). The summed E-state index contributed by atoms with van der Waals surface area (Å²) in [4.78, 5) is 43.9. The van der Waals surface area contributed by atoms with Crippen LogP contribution in [0.5, 0.6) is 0 Å². The Morgan fingerprint density at radius 2 is 1.77 bits per heavy atom. The van der Waals surface area contributed by atoms with E-state index in [-0.39, 0.29) is 5.56 Å². The molecule has 8 nitrogen and oxygen atoms in total. The molecule has 0 fully saturated rings. The monoisotopic (exact) mass is 433 g/mol. The largest absolute Gasteiger partial charge is 0.341 e. The zero-order chi connectivity index (χ0) is 22.4. The lowest BCUT2D eigenvalue weighted by molar-refractivity contribution is -0.119. The summed E-state index contributed by atoms with van der Waals surface area (Å²) in [6.07, 6.45) is 0. The highest BCUT2D eigenvalue weighted by molar-refractivity contribution is 8.00. The maximum atomic E-state index is 13.2. The molecule has 1 heterocycles. The second kappa shape index (κ2) is 10.6. The molecule has 0 saturated carbocycles. The van der Waals surface area contributed by atoms with Gasteiger partial charge in [-0.15, -0.1) is 0 Å². The average Bonchev–Trinajstić information content (AvgIpc) is 2.69. The number of amides is 3. The van der Waals surface area contributed by atoms with E-state index in [1.807, 2.05) is 12.1 Å². The van der Waals surface area contributed by atoms with Gasteiger partial charge in [0, 0.05) is 32.2 Å². The van der Waals surface area contributed by atoms with Gasteiger partial charge in [-0.25, -0.2) is 9.78 Å². The molecular weight excluding hydrogens is 402 g/mol. The molecule has 0 bridgehead atoms. The number of para-hydroxylation sites is 1. The van der Waals surface area contributed by atoms with Gasteiger partial charge >= 0.3 is 6.03 Å². The van der Waals surface area contributed by atoms with Crippen LogP contribution in [0.1, 0.15) is 34.6 Å². The van der Waals surface area contributed by atoms with E-state index in [4.69, 9.17) is 0 Å². The van der Waals surface area contributed by atoms with Gasteiger partial charge in [0.15, 0.2) is 5.16 Å². The summed E-state index contributed by atoms with van der Waals surface area (Å²) in [5.41, 5.74) is 0.458. The van der Waals surface area contributed by atoms with Crippen LogP contribution in [0.3, 0.4) is 0 Å². The Morgan fingerprint density at radius 3 is 2.37 bits per heavy atom. The van der Waals surface area contributed by atoms with Crippen molar-refractivity contribution < 1.29 is 9.59 Å². The van der Waals surface area contributed by atoms with Crippen LogP contribution in [0.15, 0.2) is 34.2 Å². The molecule has 0 aliphatic carbocycles. The molecule has 3 amide bonds. The zero-order valence-corrected chi connectivity index (χ0v) is 19.2. The fraction of sp³-hybridized carbons (Fsp3) is 0.524. The molecule has 1 unspecified atom stereocenters. The summed E-state index contributed by atoms with van der Waals surface area (Å²) < 4.78 is 1.63. The van der Waals surface area contributed by atoms with Crippen molar-refractivity contribution in [3.8, 4) is 0 Å². The third kappa shape index (κ3) is 5.82. The number of fused-ring (bicyclic) bond motifs is 1. The molecule has 0 aliphatic rings. The maximum absolute atomic E-state index is 13.2. The number of benzene rings is 1. The lowest BCUT2D eigenvalue weighted by Gasteiger charge is -2.31. The second-order valence-corrected chi connectivity index (χ2v) is 8.93. The lowest BCUT2D eigenvalue weighted by Crippen LogP contribution is -2.42. The molecule has 1 aromatic carbocycles. The second-order valence-electron chi connectivity index (χ2n) is 7.62. The fourth-order valence-electron chi connectivity index (χ4n) is 3.25. The Hall–Kier alpha value is -2.39. The summed E-state index contributed by atoms with van der Waals surface area (Å²) in [5, 5.41) is 5.03. The van der Waals surface area contributed by atoms with E-state index < -0.39 is 17.2 Å². The van der Waals surface area contributed by atoms with Crippen LogP contribution in [0.2, 0.25) is 0 Å². The number of nitrogens with zero attached hydrogens (tertiary/aromatic N) is 3. The summed E-state index contributed by atoms with van der Waals surface area (Å²) in [7, 11) is 1.44. The van der Waals surface area contributed by atoms with Gasteiger partial charge in [0.2, 0.25) is 5.91 Å². The van der Waals surface area contributed by atoms with Crippen molar-refractivity contribution >= 4 is 34.6 Å². The van der Waals surface area contributed by atoms with Crippen molar-refractivity contribution in [2.75, 3.05) is 13.6 Å². The number of hydrogen-bond donors (Lipinski definition) is 2. The van der Waals surface area contributed by atoms with E-state index in [2.05, 4.69) is 48.2 Å². The van der Waals surface area contributed by atoms with Crippen LogP contribution < -0.4 is 16.2 Å². The molecule has 9 heteroatoms. The highest BCUT2D eigenvalue weighted by Gasteiger charge is 2.22. The number of rotatable bonds is 8. The van der Waals surface area contributed by atoms with Gasteiger partial charge in [0.25, 0.3) is 5.56 Å². The molecule has 0 aliphatic heterocycles. The highest BCUT2D eigenvalue weighted by atomic mass is 32.2. The van der Waals surface area contributed by atoms with Crippen molar-refractivity contribution in [1.29, 1.82) is 0 Å². The molecule has 1 aromatic heterocycles. The molecule has 2 aromatic rings. The van der Waals surface area contributed by atoms with Crippen LogP contribution in [-0.2, 0) is 11.3 Å². The molecule has 0 saturated heterocycles. The normalized spacial score (nSPS) is 12.6. The number of hydrogen-bond acceptors (Lipinski definition) is 6. The van der Waals surface area contributed by atoms with Gasteiger partial charge in [-0.1, -0.05) is 23.9 Å². The zero-order valence-electron chi connectivity index (χ0n) is 18.4. The molecule has 30 heavy (non-hydrogen) atoms. The van der Waals surface area contributed by atoms with Crippen molar-refractivity contribution in [3.05, 3.63) is 34.6 Å². The minimum atomic E-state index is -0.604. The number of imide groups is 1. The number of carbonyl (C=O) groups is 2. The van der Waals surface area contributed by atoms with Crippen molar-refractivity contribution in [2.24, 2.45) is 0 Å². The Kier molecular flexibility index (Phi) is 8.43.